The van der Waals surface area contributed by atoms with Gasteiger partial charge in [0.05, 0.1) is 32.4 Å². The van der Waals surface area contributed by atoms with Gasteiger partial charge in [-0.15, -0.1) is 0 Å². The number of amidine groups is 1. The van der Waals surface area contributed by atoms with Crippen LogP contribution in [0.25, 0.3) is 11.2 Å². The van der Waals surface area contributed by atoms with E-state index < -0.39 is 148 Å². The number of carbonyl (C=O) groups is 8. The molecule has 498 valence electrons. The van der Waals surface area contributed by atoms with Gasteiger partial charge in [0, 0.05) is 51.4 Å². The first-order valence-electron chi connectivity index (χ1n) is 27.9. The number of primary amides is 1. The predicted molar refractivity (Wildman–Crippen MR) is 325 cm³/mol. The molecule has 3 fully saturated rings. The minimum atomic E-state index is -4.62. The molecule has 0 bridgehead atoms. The number of fused-ring (bicyclic) bond motifs is 3. The third-order valence-corrected chi connectivity index (χ3v) is 17.5. The Kier molecular flexibility index (Phi) is 23.2. The van der Waals surface area contributed by atoms with E-state index in [4.69, 9.17) is 70.8 Å². The molecule has 92 heavy (non-hydrogen) atoms. The number of hydrogen-bond donors (Lipinski definition) is 9. The summed E-state index contributed by atoms with van der Waals surface area (Å²) in [6.07, 6.45) is -9.92. The summed E-state index contributed by atoms with van der Waals surface area (Å²) in [5.41, 5.74) is 18.2. The number of aliphatic imine (C=N–C) groups is 2. The molecule has 1 aromatic carbocycles. The Balaban J connectivity index is 0.871. The maximum atomic E-state index is 16.5. The molecule has 8 rings (SSSR count). The summed E-state index contributed by atoms with van der Waals surface area (Å²) in [6.45, 7) is -4.99. The van der Waals surface area contributed by atoms with Crippen LogP contribution in [0.3, 0.4) is 0 Å². The monoisotopic (exact) mass is 1370 g/mol. The maximum Gasteiger partial charge on any atom is 0.508 e. The summed E-state index contributed by atoms with van der Waals surface area (Å²) in [7, 11) is 2.75. The van der Waals surface area contributed by atoms with Crippen LogP contribution in [0.4, 0.5) is 36.1 Å². The number of imide groups is 1. The SMILES string of the molecule is C=Nc1c(C(N)=NC)ncn1[C@@H]1O[C@@H]2COP(O)(=S)O[C@@H]3[C@@H](COP(=O)(S)O[C@H]2[C@H]1F)OC(n1cnc2c(N)ncnc21)[C@@H]3OC(=O)OCCN(C)C(=O)OCc1ccc(NC(=O)[C@H](CCCNC(N)=O)NC(=O)[C@@H](NC(=O)CCN2C(=O)C=CC2=O)C(C)C)cc1. The molecule has 36 nitrogen and oxygen atoms in total. The number of hydrogen-bond acceptors (Lipinski definition) is 26. The van der Waals surface area contributed by atoms with E-state index >= 15 is 4.39 Å². The molecule has 0 spiro atoms. The van der Waals surface area contributed by atoms with Gasteiger partial charge in [0.15, 0.2) is 42.0 Å². The van der Waals surface area contributed by atoms with Gasteiger partial charge in [0.1, 0.15) is 73.1 Å². The number of benzene rings is 1. The first kappa shape index (κ1) is 69.8. The van der Waals surface area contributed by atoms with Crippen molar-refractivity contribution in [1.29, 1.82) is 0 Å². The van der Waals surface area contributed by atoms with Crippen molar-refractivity contribution in [3.8, 4) is 0 Å². The number of nitrogens with zero attached hydrogens (tertiary/aromatic N) is 10. The van der Waals surface area contributed by atoms with Crippen LogP contribution in [-0.2, 0) is 88.7 Å². The molecule has 4 aliphatic rings. The second kappa shape index (κ2) is 30.6. The van der Waals surface area contributed by atoms with Crippen LogP contribution in [0.2, 0.25) is 0 Å². The van der Waals surface area contributed by atoms with Crippen molar-refractivity contribution in [3.63, 3.8) is 0 Å². The van der Waals surface area contributed by atoms with Crippen LogP contribution in [0, 0.1) is 5.92 Å². The van der Waals surface area contributed by atoms with Crippen molar-refractivity contribution < 1.29 is 94.0 Å². The van der Waals surface area contributed by atoms with Gasteiger partial charge in [-0.2, -0.15) is 0 Å². The van der Waals surface area contributed by atoms with Crippen molar-refractivity contribution in [2.24, 2.45) is 27.4 Å². The number of halogens is 1. The molecule has 0 aliphatic carbocycles. The first-order valence-corrected chi connectivity index (χ1v) is 33.2. The standard InChI is InChI=1S/C51H66FN17O19P2S2/c1-25(2)35(65-31(70)14-16-67-32(71)12-13-33(67)72)46(74)64-28(7-6-15-58-49(55)75)45(73)63-27-10-8-26(9-11-27)19-81-50(76)66(5)17-18-80-51(77)86-40-39-30(85-48(40)69-24-62-37-42(54)59-22-60-44(37)69)21-83-89(78,91)87-38-29(20-82-90(79,92)88-39)84-47(34(38)52)68-23-61-36(41(53)56-3)43(68)57-4/h8-13,22-25,28-30,34-35,38-40,47-48H,4,6-7,14-21H2,1-3,5H3,(H2,53,56)(H,63,73)(H,64,74)(H,65,70)(H,78,91)(H,79,92)(H2,54,59,60)(H3,55,58,75)/t28-,29+,30+,34+,35-,38+,39+,40+,47+,48?,89?,90?/m0/s1. The van der Waals surface area contributed by atoms with Crippen molar-refractivity contribution in [3.05, 3.63) is 66.7 Å². The van der Waals surface area contributed by atoms with Crippen LogP contribution in [-0.4, -0.2) is 206 Å². The Morgan fingerprint density at radius 1 is 0.946 bits per heavy atom. The lowest BCUT2D eigenvalue weighted by Crippen LogP contribution is -2.54. The molecule has 3 unspecified atom stereocenters. The highest BCUT2D eigenvalue weighted by Crippen LogP contribution is 2.59. The number of alkyl halides is 1. The van der Waals surface area contributed by atoms with Crippen LogP contribution in [0.1, 0.15) is 56.8 Å². The van der Waals surface area contributed by atoms with Crippen molar-refractivity contribution in [2.75, 3.05) is 64.6 Å². The number of nitrogen functional groups attached to an aromatic ring is 1. The van der Waals surface area contributed by atoms with Crippen molar-refractivity contribution in [2.45, 2.75) is 101 Å². The first-order chi connectivity index (χ1) is 43.7. The molecular weight excluding hydrogens is 1300 g/mol. The molecule has 0 saturated carbocycles. The normalized spacial score (nSPS) is 25.6. The average Bonchev–Trinajstić information content (AvgIpc) is 1.62. The van der Waals surface area contributed by atoms with Crippen molar-refractivity contribution >= 4 is 126 Å². The number of thiol groups is 1. The second-order valence-electron chi connectivity index (χ2n) is 21.0. The molecular formula is C51H66FN17O19P2S2. The summed E-state index contributed by atoms with van der Waals surface area (Å²) in [4.78, 5) is 140. The quantitative estimate of drug-likeness (QED) is 0.00961. The lowest BCUT2D eigenvalue weighted by Gasteiger charge is -2.30. The van der Waals surface area contributed by atoms with E-state index in [-0.39, 0.29) is 85.5 Å². The van der Waals surface area contributed by atoms with Gasteiger partial charge < -0.3 is 76.5 Å². The zero-order valence-corrected chi connectivity index (χ0v) is 53.0. The Bertz CT molecular complexity index is 3590. The van der Waals surface area contributed by atoms with Crippen LogP contribution < -0.4 is 38.5 Å². The summed E-state index contributed by atoms with van der Waals surface area (Å²) in [6, 6.07) is 3.00. The number of rotatable bonds is 23. The van der Waals surface area contributed by atoms with E-state index in [2.05, 4.69) is 70.2 Å². The maximum absolute atomic E-state index is 16.5. The highest BCUT2D eigenvalue weighted by molar-refractivity contribution is 8.44. The van der Waals surface area contributed by atoms with Gasteiger partial charge in [0.25, 0.3) is 11.8 Å². The number of nitrogens with two attached hydrogens (primary N) is 3. The zero-order chi connectivity index (χ0) is 66.8. The van der Waals surface area contributed by atoms with E-state index in [1.54, 1.807) is 26.0 Å². The van der Waals surface area contributed by atoms with Gasteiger partial charge in [-0.05, 0) is 55.0 Å². The zero-order valence-electron chi connectivity index (χ0n) is 49.5. The predicted octanol–water partition coefficient (Wildman–Crippen LogP) is 1.30. The number of nitrogens with one attached hydrogen (secondary N) is 4. The van der Waals surface area contributed by atoms with E-state index in [1.165, 1.54) is 37.1 Å². The molecule has 3 aromatic heterocycles. The van der Waals surface area contributed by atoms with Gasteiger partial charge in [-0.3, -0.25) is 56.6 Å². The number of imidazole rings is 2. The highest BCUT2D eigenvalue weighted by atomic mass is 32.7. The fraction of sp³-hybridized carbons (Fsp3) is 0.490. The highest BCUT2D eigenvalue weighted by Gasteiger charge is 2.55. The summed E-state index contributed by atoms with van der Waals surface area (Å²) >= 11 is 9.55. The summed E-state index contributed by atoms with van der Waals surface area (Å²) < 4.78 is 84.9. The topological polar surface area (TPSA) is 476 Å². The van der Waals surface area contributed by atoms with Gasteiger partial charge in [-0.25, -0.2) is 48.3 Å². The van der Waals surface area contributed by atoms with E-state index in [0.717, 1.165) is 39.2 Å². The van der Waals surface area contributed by atoms with Gasteiger partial charge in [-0.1, -0.05) is 38.2 Å². The fourth-order valence-corrected chi connectivity index (χ4v) is 12.5. The van der Waals surface area contributed by atoms with E-state index in [9.17, 15) is 47.8 Å². The lowest BCUT2D eigenvalue weighted by molar-refractivity contribution is -0.137. The van der Waals surface area contributed by atoms with E-state index in [1.807, 2.05) is 0 Å². The minimum Gasteiger partial charge on any atom is -0.445 e. The van der Waals surface area contributed by atoms with Crippen LogP contribution in [0.5, 0.6) is 0 Å². The summed E-state index contributed by atoms with van der Waals surface area (Å²) in [5.74, 6) is -3.72. The number of amides is 8. The van der Waals surface area contributed by atoms with Crippen molar-refractivity contribution in [1.82, 2.24) is 54.8 Å². The van der Waals surface area contributed by atoms with Gasteiger partial charge in [0.2, 0.25) is 17.7 Å². The Morgan fingerprint density at radius 3 is 2.32 bits per heavy atom. The Hall–Kier alpha value is -8.10. The summed E-state index contributed by atoms with van der Waals surface area (Å²) in [5, 5.41) is 10.4. The number of carbonyl (C=O) groups excluding carboxylic acids is 8. The number of ether oxygens (including phenoxy) is 5. The molecule has 11 N–H and O–H groups in total. The van der Waals surface area contributed by atoms with Gasteiger partial charge >= 0.3 is 31.8 Å². The molecule has 3 saturated heterocycles. The third-order valence-electron chi connectivity index (χ3n) is 14.3. The molecule has 4 aromatic rings. The molecule has 41 heteroatoms. The molecule has 7 heterocycles. The second-order valence-corrected chi connectivity index (χ2v) is 26.6. The van der Waals surface area contributed by atoms with Crippen LogP contribution in [0.15, 0.2) is 65.4 Å². The Labute approximate surface area is 532 Å². The van der Waals surface area contributed by atoms with E-state index in [0.29, 0.717) is 5.56 Å². The molecule has 4 aliphatic heterocycles. The number of urea groups is 1. The number of aromatic nitrogens is 6. The molecule has 0 radical (unpaired) electrons. The number of anilines is 2. The third kappa shape index (κ3) is 17.3. The average molecular weight is 1370 g/mol. The lowest BCUT2D eigenvalue weighted by atomic mass is 10.0. The molecule has 12 atom stereocenters. The molecule has 8 amide bonds. The minimum absolute atomic E-state index is 0.0240. The fourth-order valence-electron chi connectivity index (χ4n) is 9.61. The smallest absolute Gasteiger partial charge is 0.445 e. The Morgan fingerprint density at radius 2 is 1.63 bits per heavy atom. The largest absolute Gasteiger partial charge is 0.508 e. The number of likely N-dealkylation sites (N-methyl/N-ethyl adjacent to an activating group) is 1. The van der Waals surface area contributed by atoms with Crippen LogP contribution >= 0.6 is 25.8 Å².